The summed E-state index contributed by atoms with van der Waals surface area (Å²) in [6.45, 7) is 3.53. The van der Waals surface area contributed by atoms with Crippen molar-refractivity contribution in [2.24, 2.45) is 0 Å². The lowest BCUT2D eigenvalue weighted by molar-refractivity contribution is 0.553. The molecule has 1 unspecified atom stereocenters. The van der Waals surface area contributed by atoms with E-state index in [1.807, 2.05) is 6.92 Å². The van der Waals surface area contributed by atoms with Gasteiger partial charge in [0.2, 0.25) is 0 Å². The second-order valence-corrected chi connectivity index (χ2v) is 5.91. The van der Waals surface area contributed by atoms with Crippen LogP contribution < -0.4 is 0 Å². The van der Waals surface area contributed by atoms with Crippen molar-refractivity contribution >= 4 is 9.84 Å². The first kappa shape index (κ1) is 12.2. The van der Waals surface area contributed by atoms with Crippen LogP contribution in [0.25, 0.3) is 0 Å². The zero-order valence-corrected chi connectivity index (χ0v) is 9.72. The number of sulfone groups is 1. The third kappa shape index (κ3) is 2.56. The van der Waals surface area contributed by atoms with Gasteiger partial charge in [-0.2, -0.15) is 0 Å². The Labute approximate surface area is 90.0 Å². The van der Waals surface area contributed by atoms with Crippen molar-refractivity contribution in [1.29, 1.82) is 0 Å². The Kier molecular flexibility index (Phi) is 3.85. The third-order valence-electron chi connectivity index (χ3n) is 2.37. The van der Waals surface area contributed by atoms with Crippen LogP contribution in [-0.2, 0) is 9.84 Å². The average molecular weight is 230 g/mol. The zero-order chi connectivity index (χ0) is 11.5. The smallest absolute Gasteiger partial charge is 0.183 e. The highest BCUT2D eigenvalue weighted by Crippen LogP contribution is 2.21. The van der Waals surface area contributed by atoms with Crippen LogP contribution in [0.2, 0.25) is 0 Å². The van der Waals surface area contributed by atoms with E-state index in [2.05, 4.69) is 0 Å². The fraction of sp³-hybridized carbons (Fsp3) is 0.455. The molecule has 0 N–H and O–H groups in total. The van der Waals surface area contributed by atoms with Crippen molar-refractivity contribution in [3.63, 3.8) is 0 Å². The molecular formula is C11H15FO2S. The molecule has 1 atom stereocenters. The summed E-state index contributed by atoms with van der Waals surface area (Å²) in [6, 6.07) is 5.51. The molecule has 0 fully saturated rings. The van der Waals surface area contributed by atoms with E-state index in [1.165, 1.54) is 24.3 Å². The highest BCUT2D eigenvalue weighted by molar-refractivity contribution is 7.92. The van der Waals surface area contributed by atoms with Crippen LogP contribution >= 0.6 is 0 Å². The van der Waals surface area contributed by atoms with E-state index < -0.39 is 20.9 Å². The molecule has 0 amide bonds. The summed E-state index contributed by atoms with van der Waals surface area (Å²) in [7, 11) is -3.51. The quantitative estimate of drug-likeness (QED) is 0.797. The lowest BCUT2D eigenvalue weighted by Crippen LogP contribution is -2.18. The summed E-state index contributed by atoms with van der Waals surface area (Å²) in [5.41, 5.74) is 0. The van der Waals surface area contributed by atoms with Gasteiger partial charge in [-0.3, -0.25) is 0 Å². The van der Waals surface area contributed by atoms with Gasteiger partial charge in [-0.15, -0.1) is 0 Å². The lowest BCUT2D eigenvalue weighted by atomic mass is 10.3. The van der Waals surface area contributed by atoms with Gasteiger partial charge in [-0.25, -0.2) is 12.8 Å². The first-order valence-corrected chi connectivity index (χ1v) is 6.53. The standard InChI is InChI=1S/C11H15FO2S/c1-3-6-9(2)15(13,14)11-8-5-4-7-10(11)12/h4-5,7-9H,3,6H2,1-2H3. The van der Waals surface area contributed by atoms with Gasteiger partial charge in [0.15, 0.2) is 9.84 Å². The molecule has 0 saturated carbocycles. The molecular weight excluding hydrogens is 215 g/mol. The predicted molar refractivity (Wildman–Crippen MR) is 58.0 cm³/mol. The van der Waals surface area contributed by atoms with Gasteiger partial charge in [-0.1, -0.05) is 25.5 Å². The summed E-state index contributed by atoms with van der Waals surface area (Å²) in [6.07, 6.45) is 1.32. The van der Waals surface area contributed by atoms with Crippen molar-refractivity contribution in [1.82, 2.24) is 0 Å². The number of hydrogen-bond acceptors (Lipinski definition) is 2. The van der Waals surface area contributed by atoms with Crippen LogP contribution in [0.15, 0.2) is 29.2 Å². The van der Waals surface area contributed by atoms with E-state index >= 15 is 0 Å². The molecule has 84 valence electrons. The summed E-state index contributed by atoms with van der Waals surface area (Å²) >= 11 is 0. The molecule has 1 aromatic rings. The largest absolute Gasteiger partial charge is 0.223 e. The summed E-state index contributed by atoms with van der Waals surface area (Å²) < 4.78 is 37.1. The zero-order valence-electron chi connectivity index (χ0n) is 8.90. The Bertz CT molecular complexity index is 426. The lowest BCUT2D eigenvalue weighted by Gasteiger charge is -2.12. The molecule has 0 aliphatic heterocycles. The highest BCUT2D eigenvalue weighted by atomic mass is 32.2. The number of rotatable bonds is 4. The van der Waals surface area contributed by atoms with Crippen LogP contribution in [0.5, 0.6) is 0 Å². The maximum atomic E-state index is 13.3. The number of halogens is 1. The molecule has 1 aromatic carbocycles. The molecule has 0 aliphatic rings. The van der Waals surface area contributed by atoms with Crippen LogP contribution in [0.4, 0.5) is 4.39 Å². The molecule has 0 spiro atoms. The van der Waals surface area contributed by atoms with Gasteiger partial charge in [0.05, 0.1) is 5.25 Å². The molecule has 4 heteroatoms. The van der Waals surface area contributed by atoms with Gasteiger partial charge in [0, 0.05) is 0 Å². The van der Waals surface area contributed by atoms with Crippen molar-refractivity contribution in [2.75, 3.05) is 0 Å². The molecule has 0 aromatic heterocycles. The van der Waals surface area contributed by atoms with Gasteiger partial charge in [0.1, 0.15) is 10.7 Å². The molecule has 0 saturated heterocycles. The fourth-order valence-corrected chi connectivity index (χ4v) is 3.04. The molecule has 1 rings (SSSR count). The molecule has 0 aliphatic carbocycles. The maximum Gasteiger partial charge on any atom is 0.183 e. The topological polar surface area (TPSA) is 34.1 Å². The molecule has 0 bridgehead atoms. The second-order valence-electron chi connectivity index (χ2n) is 3.57. The second kappa shape index (κ2) is 4.75. The minimum Gasteiger partial charge on any atom is -0.223 e. The van der Waals surface area contributed by atoms with Crippen molar-refractivity contribution in [2.45, 2.75) is 36.8 Å². The summed E-state index contributed by atoms with van der Waals surface area (Å²) in [4.78, 5) is -0.189. The Balaban J connectivity index is 3.12. The molecule has 0 heterocycles. The number of hydrogen-bond donors (Lipinski definition) is 0. The maximum absolute atomic E-state index is 13.3. The first-order chi connectivity index (χ1) is 7.00. The SMILES string of the molecule is CCCC(C)S(=O)(=O)c1ccccc1F. The van der Waals surface area contributed by atoms with Crippen LogP contribution in [0, 0.1) is 5.82 Å². The Hall–Kier alpha value is -0.900. The fourth-order valence-electron chi connectivity index (χ4n) is 1.45. The van der Waals surface area contributed by atoms with E-state index in [0.29, 0.717) is 6.42 Å². The van der Waals surface area contributed by atoms with Crippen molar-refractivity contribution in [3.05, 3.63) is 30.1 Å². The average Bonchev–Trinajstić information content (AvgIpc) is 2.18. The normalized spacial score (nSPS) is 13.8. The minimum absolute atomic E-state index is 0.189. The van der Waals surface area contributed by atoms with Crippen molar-refractivity contribution < 1.29 is 12.8 Å². The molecule has 15 heavy (non-hydrogen) atoms. The van der Waals surface area contributed by atoms with E-state index in [9.17, 15) is 12.8 Å². The first-order valence-electron chi connectivity index (χ1n) is 4.98. The Morgan fingerprint density at radius 2 is 1.93 bits per heavy atom. The summed E-state index contributed by atoms with van der Waals surface area (Å²) in [5.74, 6) is -0.666. The van der Waals surface area contributed by atoms with Gasteiger partial charge in [-0.05, 0) is 25.5 Å². The minimum atomic E-state index is -3.51. The monoisotopic (exact) mass is 230 g/mol. The van der Waals surface area contributed by atoms with E-state index in [1.54, 1.807) is 6.92 Å². The highest BCUT2D eigenvalue weighted by Gasteiger charge is 2.25. The van der Waals surface area contributed by atoms with Crippen LogP contribution in [0.3, 0.4) is 0 Å². The van der Waals surface area contributed by atoms with Gasteiger partial charge >= 0.3 is 0 Å². The van der Waals surface area contributed by atoms with Crippen LogP contribution in [0.1, 0.15) is 26.7 Å². The predicted octanol–water partition coefficient (Wildman–Crippen LogP) is 2.79. The van der Waals surface area contributed by atoms with E-state index in [4.69, 9.17) is 0 Å². The Morgan fingerprint density at radius 1 is 1.33 bits per heavy atom. The van der Waals surface area contributed by atoms with Crippen molar-refractivity contribution in [3.8, 4) is 0 Å². The van der Waals surface area contributed by atoms with E-state index in [-0.39, 0.29) is 4.90 Å². The third-order valence-corrected chi connectivity index (χ3v) is 4.61. The van der Waals surface area contributed by atoms with E-state index in [0.717, 1.165) is 6.42 Å². The Morgan fingerprint density at radius 3 is 2.47 bits per heavy atom. The molecule has 0 radical (unpaired) electrons. The summed E-state index contributed by atoms with van der Waals surface area (Å²) in [5, 5.41) is -0.528. The van der Waals surface area contributed by atoms with Crippen LogP contribution in [-0.4, -0.2) is 13.7 Å². The number of benzene rings is 1. The molecule has 2 nitrogen and oxygen atoms in total. The van der Waals surface area contributed by atoms with Gasteiger partial charge < -0.3 is 0 Å². The van der Waals surface area contributed by atoms with Gasteiger partial charge in [0.25, 0.3) is 0 Å².